The molecule has 0 aromatic carbocycles. The Hall–Kier alpha value is -1.10. The zero-order chi connectivity index (χ0) is 12.9. The van der Waals surface area contributed by atoms with Gasteiger partial charge >= 0.3 is 5.97 Å². The van der Waals surface area contributed by atoms with E-state index in [4.69, 9.17) is 5.11 Å². The molecule has 5 nitrogen and oxygen atoms in total. The maximum Gasteiger partial charge on any atom is 0.308 e. The third-order valence-electron chi connectivity index (χ3n) is 2.55. The summed E-state index contributed by atoms with van der Waals surface area (Å²) in [5.41, 5.74) is 0. The largest absolute Gasteiger partial charge is 0.481 e. The van der Waals surface area contributed by atoms with E-state index >= 15 is 0 Å². The average molecular weight is 231 g/mol. The molecule has 1 amide bonds. The molecule has 0 bridgehead atoms. The van der Waals surface area contributed by atoms with Crippen LogP contribution < -0.4 is 0 Å². The van der Waals surface area contributed by atoms with E-state index in [9.17, 15) is 14.8 Å². The number of hydroxylamine groups is 2. The van der Waals surface area contributed by atoms with Crippen LogP contribution in [0.25, 0.3) is 0 Å². The first-order chi connectivity index (χ1) is 7.31. The number of hydrogen-bond acceptors (Lipinski definition) is 3. The van der Waals surface area contributed by atoms with Crippen molar-refractivity contribution in [2.24, 2.45) is 17.8 Å². The molecule has 0 aromatic heterocycles. The summed E-state index contributed by atoms with van der Waals surface area (Å²) in [5.74, 6) is -1.64. The Morgan fingerprint density at radius 2 is 1.81 bits per heavy atom. The normalized spacial score (nSPS) is 14.9. The van der Waals surface area contributed by atoms with Crippen LogP contribution in [0.15, 0.2) is 0 Å². The van der Waals surface area contributed by atoms with Crippen molar-refractivity contribution in [2.75, 3.05) is 0 Å². The summed E-state index contributed by atoms with van der Waals surface area (Å²) in [5, 5.41) is 19.0. The van der Waals surface area contributed by atoms with Gasteiger partial charge in [-0.25, -0.2) is 5.06 Å². The molecule has 0 aliphatic carbocycles. The SMILES string of the molecule is CC(C)C[C@@H](C(=O)O)[C@H](C(C)C)N(O)C=O. The zero-order valence-electron chi connectivity index (χ0n) is 10.3. The number of rotatable bonds is 7. The highest BCUT2D eigenvalue weighted by molar-refractivity contribution is 5.71. The molecule has 0 unspecified atom stereocenters. The van der Waals surface area contributed by atoms with Gasteiger partial charge in [-0.15, -0.1) is 0 Å². The Labute approximate surface area is 96.0 Å². The van der Waals surface area contributed by atoms with Crippen molar-refractivity contribution in [3.8, 4) is 0 Å². The number of carboxylic acid groups (broad SMARTS) is 1. The zero-order valence-corrected chi connectivity index (χ0v) is 10.3. The van der Waals surface area contributed by atoms with E-state index in [2.05, 4.69) is 0 Å². The Morgan fingerprint density at radius 1 is 1.31 bits per heavy atom. The number of carboxylic acids is 1. The lowest BCUT2D eigenvalue weighted by atomic mass is 9.84. The highest BCUT2D eigenvalue weighted by Gasteiger charge is 2.34. The van der Waals surface area contributed by atoms with Gasteiger partial charge in [0.1, 0.15) is 0 Å². The van der Waals surface area contributed by atoms with Gasteiger partial charge in [-0.2, -0.15) is 0 Å². The van der Waals surface area contributed by atoms with Crippen LogP contribution in [0.4, 0.5) is 0 Å². The number of hydrogen-bond donors (Lipinski definition) is 2. The molecule has 0 fully saturated rings. The van der Waals surface area contributed by atoms with E-state index in [-0.39, 0.29) is 18.2 Å². The van der Waals surface area contributed by atoms with Gasteiger partial charge in [0.15, 0.2) is 0 Å². The van der Waals surface area contributed by atoms with Crippen molar-refractivity contribution in [1.29, 1.82) is 0 Å². The van der Waals surface area contributed by atoms with Crippen LogP contribution in [-0.4, -0.2) is 33.8 Å². The van der Waals surface area contributed by atoms with Crippen LogP contribution in [0.1, 0.15) is 34.1 Å². The van der Waals surface area contributed by atoms with Crippen LogP contribution in [0.2, 0.25) is 0 Å². The van der Waals surface area contributed by atoms with Crippen LogP contribution >= 0.6 is 0 Å². The highest BCUT2D eigenvalue weighted by Crippen LogP contribution is 2.24. The van der Waals surface area contributed by atoms with E-state index in [0.29, 0.717) is 11.5 Å². The number of carbonyl (C=O) groups is 2. The van der Waals surface area contributed by atoms with E-state index in [1.54, 1.807) is 13.8 Å². The molecule has 2 atom stereocenters. The van der Waals surface area contributed by atoms with Crippen molar-refractivity contribution in [3.05, 3.63) is 0 Å². The minimum Gasteiger partial charge on any atom is -0.481 e. The quantitative estimate of drug-likeness (QED) is 0.396. The molecule has 0 aromatic rings. The fraction of sp³-hybridized carbons (Fsp3) is 0.818. The van der Waals surface area contributed by atoms with E-state index < -0.39 is 17.9 Å². The molecule has 0 rings (SSSR count). The molecule has 0 aliphatic rings. The van der Waals surface area contributed by atoms with Crippen LogP contribution in [0, 0.1) is 17.8 Å². The molecule has 0 radical (unpaired) electrons. The summed E-state index contributed by atoms with van der Waals surface area (Å²) in [4.78, 5) is 21.7. The molecule has 94 valence electrons. The average Bonchev–Trinajstić information content (AvgIpc) is 2.14. The van der Waals surface area contributed by atoms with Crippen LogP contribution in [-0.2, 0) is 9.59 Å². The summed E-state index contributed by atoms with van der Waals surface area (Å²) in [6.07, 6.45) is 0.698. The molecule has 0 heterocycles. The first kappa shape index (κ1) is 14.9. The van der Waals surface area contributed by atoms with Gasteiger partial charge in [-0.3, -0.25) is 14.8 Å². The lowest BCUT2D eigenvalue weighted by Gasteiger charge is -2.32. The Morgan fingerprint density at radius 3 is 2.06 bits per heavy atom. The summed E-state index contributed by atoms with van der Waals surface area (Å²) in [7, 11) is 0. The number of amides is 1. The van der Waals surface area contributed by atoms with Gasteiger partial charge < -0.3 is 5.11 Å². The third-order valence-corrected chi connectivity index (χ3v) is 2.55. The predicted molar refractivity (Wildman–Crippen MR) is 58.9 cm³/mol. The van der Waals surface area contributed by atoms with Crippen molar-refractivity contribution in [3.63, 3.8) is 0 Å². The minimum absolute atomic E-state index is 0.116. The number of carbonyl (C=O) groups excluding carboxylic acids is 1. The molecule has 0 saturated heterocycles. The van der Waals surface area contributed by atoms with Crippen molar-refractivity contribution in [2.45, 2.75) is 40.2 Å². The van der Waals surface area contributed by atoms with Crippen molar-refractivity contribution < 1.29 is 19.9 Å². The van der Waals surface area contributed by atoms with E-state index in [1.807, 2.05) is 13.8 Å². The number of aliphatic carboxylic acids is 1. The summed E-state index contributed by atoms with van der Waals surface area (Å²) >= 11 is 0. The third kappa shape index (κ3) is 4.18. The molecule has 0 aliphatic heterocycles. The first-order valence-electron chi connectivity index (χ1n) is 5.46. The van der Waals surface area contributed by atoms with Gasteiger partial charge in [0, 0.05) is 0 Å². The van der Waals surface area contributed by atoms with Gasteiger partial charge in [-0.1, -0.05) is 27.7 Å². The summed E-state index contributed by atoms with van der Waals surface area (Å²) < 4.78 is 0. The van der Waals surface area contributed by atoms with E-state index in [1.165, 1.54) is 0 Å². The molecule has 5 heteroatoms. The molecule has 0 saturated carbocycles. The maximum atomic E-state index is 11.1. The fourth-order valence-corrected chi connectivity index (χ4v) is 1.92. The lowest BCUT2D eigenvalue weighted by molar-refractivity contribution is -0.177. The first-order valence-corrected chi connectivity index (χ1v) is 5.46. The summed E-state index contributed by atoms with van der Waals surface area (Å²) in [6.45, 7) is 7.40. The lowest BCUT2D eigenvalue weighted by Crippen LogP contribution is -2.45. The van der Waals surface area contributed by atoms with Gasteiger partial charge in [0.25, 0.3) is 0 Å². The van der Waals surface area contributed by atoms with Crippen LogP contribution in [0.3, 0.4) is 0 Å². The predicted octanol–water partition coefficient (Wildman–Crippen LogP) is 1.61. The molecule has 0 spiro atoms. The topological polar surface area (TPSA) is 77.8 Å². The molecular weight excluding hydrogens is 210 g/mol. The van der Waals surface area contributed by atoms with Crippen molar-refractivity contribution >= 4 is 12.4 Å². The van der Waals surface area contributed by atoms with Crippen LogP contribution in [0.5, 0.6) is 0 Å². The fourth-order valence-electron chi connectivity index (χ4n) is 1.92. The molecule has 2 N–H and O–H groups in total. The molecule has 16 heavy (non-hydrogen) atoms. The molecular formula is C11H21NO4. The smallest absolute Gasteiger partial charge is 0.308 e. The Balaban J connectivity index is 4.94. The van der Waals surface area contributed by atoms with Gasteiger partial charge in [-0.05, 0) is 18.3 Å². The monoisotopic (exact) mass is 231 g/mol. The Bertz CT molecular complexity index is 240. The Kier molecular flexibility index (Phi) is 6.03. The number of nitrogens with zero attached hydrogens (tertiary/aromatic N) is 1. The second kappa shape index (κ2) is 6.48. The maximum absolute atomic E-state index is 11.1. The standard InChI is InChI=1S/C11H21NO4/c1-7(2)5-9(11(14)15)10(8(3)4)12(16)6-13/h6-10,16H,5H2,1-4H3,(H,14,15)/t9-,10+/m1/s1. The summed E-state index contributed by atoms with van der Waals surface area (Å²) in [6, 6.07) is -0.683. The van der Waals surface area contributed by atoms with Crippen molar-refractivity contribution in [1.82, 2.24) is 5.06 Å². The second-order valence-corrected chi connectivity index (χ2v) is 4.79. The second-order valence-electron chi connectivity index (χ2n) is 4.79. The van der Waals surface area contributed by atoms with Gasteiger partial charge in [0.2, 0.25) is 6.41 Å². The van der Waals surface area contributed by atoms with E-state index in [0.717, 1.165) is 0 Å². The van der Waals surface area contributed by atoms with Gasteiger partial charge in [0.05, 0.1) is 12.0 Å². The highest BCUT2D eigenvalue weighted by atomic mass is 16.5. The minimum atomic E-state index is -0.978.